The van der Waals surface area contributed by atoms with Crippen molar-refractivity contribution in [1.29, 1.82) is 0 Å². The van der Waals surface area contributed by atoms with Gasteiger partial charge >= 0.3 is 31.2 Å². The second kappa shape index (κ2) is 5.10. The van der Waals surface area contributed by atoms with E-state index in [2.05, 4.69) is 8.37 Å². The van der Waals surface area contributed by atoms with E-state index in [1.54, 1.807) is 0 Å². The fraction of sp³-hybridized carbons (Fsp3) is 0. The van der Waals surface area contributed by atoms with Crippen molar-refractivity contribution < 1.29 is 45.3 Å². The molecule has 14 heteroatoms. The van der Waals surface area contributed by atoms with Crippen LogP contribution in [0.3, 0.4) is 0 Å². The summed E-state index contributed by atoms with van der Waals surface area (Å²) in [5.41, 5.74) is 0. The normalized spacial score (nSPS) is 12.9. The highest BCUT2D eigenvalue weighted by Crippen LogP contribution is 2.29. The molecule has 0 atom stereocenters. The molecule has 0 N–H and O–H groups in total. The van der Waals surface area contributed by atoms with Crippen molar-refractivity contribution in [2.24, 2.45) is 0 Å². The highest BCUT2D eigenvalue weighted by Gasteiger charge is 2.21. The maximum atomic E-state index is 12.7. The van der Waals surface area contributed by atoms with Crippen molar-refractivity contribution in [2.45, 2.75) is 4.90 Å². The molecule has 0 saturated heterocycles. The van der Waals surface area contributed by atoms with Crippen molar-refractivity contribution in [3.63, 3.8) is 0 Å². The van der Waals surface area contributed by atoms with Gasteiger partial charge in [-0.25, -0.2) is 0 Å². The average molecular weight is 356 g/mol. The van der Waals surface area contributed by atoms with E-state index in [1.165, 1.54) is 0 Å². The number of hydrogen-bond acceptors (Lipinski definition) is 8. The van der Waals surface area contributed by atoms with Gasteiger partial charge in [0.15, 0.2) is 0 Å². The number of rotatable bonds is 5. The van der Waals surface area contributed by atoms with Crippen molar-refractivity contribution in [1.82, 2.24) is 0 Å². The summed E-state index contributed by atoms with van der Waals surface area (Å²) in [4.78, 5) is -1.34. The van der Waals surface area contributed by atoms with Gasteiger partial charge in [0.25, 0.3) is 0 Å². The highest BCUT2D eigenvalue weighted by atomic mass is 32.3. The summed E-state index contributed by atoms with van der Waals surface area (Å²) in [6, 6.07) is 0.733. The van der Waals surface area contributed by atoms with Gasteiger partial charge in [-0.3, -0.25) is 0 Å². The van der Waals surface area contributed by atoms with Crippen LogP contribution in [0.5, 0.6) is 11.5 Å². The Bertz CT molecular complexity index is 774. The monoisotopic (exact) mass is 356 g/mol. The first-order chi connectivity index (χ1) is 8.76. The van der Waals surface area contributed by atoms with Crippen LogP contribution in [0.25, 0.3) is 0 Å². The smallest absolute Gasteiger partial charge is 0.358 e. The van der Waals surface area contributed by atoms with Crippen LogP contribution < -0.4 is 8.37 Å². The molecule has 0 bridgehead atoms. The van der Waals surface area contributed by atoms with Gasteiger partial charge in [-0.15, -0.1) is 3.89 Å². The van der Waals surface area contributed by atoms with Crippen LogP contribution >= 0.6 is 0 Å². The van der Waals surface area contributed by atoms with E-state index in [0.29, 0.717) is 6.07 Å². The molecule has 0 aliphatic rings. The molecule has 0 amide bonds. The van der Waals surface area contributed by atoms with Gasteiger partial charge in [-0.05, 0) is 0 Å². The average Bonchev–Trinajstić information content (AvgIpc) is 2.09. The summed E-state index contributed by atoms with van der Waals surface area (Å²) in [7, 11) is -16.7. The van der Waals surface area contributed by atoms with E-state index in [1.807, 2.05) is 0 Å². The quantitative estimate of drug-likeness (QED) is 0.701. The molecule has 0 aliphatic carbocycles. The first-order valence-electron chi connectivity index (χ1n) is 4.14. The van der Waals surface area contributed by atoms with E-state index < -0.39 is 47.6 Å². The van der Waals surface area contributed by atoms with E-state index in [4.69, 9.17) is 0 Å². The third-order valence-corrected chi connectivity index (χ3v) is 3.11. The Kier molecular flexibility index (Phi) is 4.21. The van der Waals surface area contributed by atoms with Crippen LogP contribution in [0.15, 0.2) is 23.1 Å². The molecule has 1 aromatic rings. The molecule has 0 radical (unpaired) electrons. The molecule has 0 aromatic heterocycles. The molecule has 0 saturated carbocycles. The Labute approximate surface area is 111 Å². The second-order valence-electron chi connectivity index (χ2n) is 3.03. The Balaban J connectivity index is 3.43. The molecule has 1 rings (SSSR count). The molecule has 0 fully saturated rings. The van der Waals surface area contributed by atoms with Crippen LogP contribution in [0.1, 0.15) is 0 Å². The van der Waals surface area contributed by atoms with E-state index in [0.717, 1.165) is 0 Å². The van der Waals surface area contributed by atoms with Gasteiger partial charge in [0, 0.05) is 18.2 Å². The Morgan fingerprint density at radius 2 is 1.05 bits per heavy atom. The first-order valence-corrected chi connectivity index (χ1v) is 8.14. The van der Waals surface area contributed by atoms with Gasteiger partial charge in [0.05, 0.1) is 0 Å². The molecular formula is C6H3F3O8S3. The summed E-state index contributed by atoms with van der Waals surface area (Å²) in [5.74, 6) is -2.30. The highest BCUT2D eigenvalue weighted by molar-refractivity contribution is 7.86. The summed E-state index contributed by atoms with van der Waals surface area (Å²) < 4.78 is 106. The van der Waals surface area contributed by atoms with Crippen molar-refractivity contribution in [3.05, 3.63) is 18.2 Å². The molecule has 20 heavy (non-hydrogen) atoms. The van der Waals surface area contributed by atoms with Crippen molar-refractivity contribution >= 4 is 31.2 Å². The van der Waals surface area contributed by atoms with Gasteiger partial charge in [0.1, 0.15) is 16.4 Å². The predicted molar refractivity (Wildman–Crippen MR) is 56.0 cm³/mol. The maximum Gasteiger partial charge on any atom is 0.488 e. The summed E-state index contributed by atoms with van der Waals surface area (Å²) >= 11 is 0. The largest absolute Gasteiger partial charge is 0.488 e. The lowest BCUT2D eigenvalue weighted by atomic mass is 10.3. The number of benzene rings is 1. The topological polar surface area (TPSA) is 121 Å². The SMILES string of the molecule is O=S(=O)(F)Oc1cc(OS(=O)(=O)F)cc(S(=O)(=O)F)c1. The van der Waals surface area contributed by atoms with Gasteiger partial charge in [-0.1, -0.05) is 7.77 Å². The van der Waals surface area contributed by atoms with Gasteiger partial charge in [0.2, 0.25) is 0 Å². The predicted octanol–water partition coefficient (Wildman–Crippen LogP) is 0.531. The van der Waals surface area contributed by atoms with Crippen LogP contribution in [0.4, 0.5) is 11.7 Å². The van der Waals surface area contributed by atoms with Crippen LogP contribution in [-0.4, -0.2) is 25.3 Å². The first kappa shape index (κ1) is 16.5. The molecule has 0 spiro atoms. The van der Waals surface area contributed by atoms with Crippen LogP contribution in [-0.2, 0) is 31.2 Å². The molecule has 0 aliphatic heterocycles. The third kappa shape index (κ3) is 5.62. The lowest BCUT2D eigenvalue weighted by Gasteiger charge is -2.05. The van der Waals surface area contributed by atoms with Crippen molar-refractivity contribution in [3.8, 4) is 11.5 Å². The zero-order chi connectivity index (χ0) is 15.8. The van der Waals surface area contributed by atoms with Gasteiger partial charge in [-0.2, -0.15) is 25.3 Å². The molecule has 114 valence electrons. The number of hydrogen-bond donors (Lipinski definition) is 0. The molecular weight excluding hydrogens is 353 g/mol. The summed E-state index contributed by atoms with van der Waals surface area (Å²) in [6.07, 6.45) is 0. The fourth-order valence-corrected chi connectivity index (χ4v) is 2.18. The lowest BCUT2D eigenvalue weighted by Crippen LogP contribution is -2.05. The van der Waals surface area contributed by atoms with Crippen LogP contribution in [0, 0.1) is 0 Å². The minimum absolute atomic E-state index is 0.212. The van der Waals surface area contributed by atoms with E-state index in [-0.39, 0.29) is 12.1 Å². The summed E-state index contributed by atoms with van der Waals surface area (Å²) in [6.45, 7) is 0. The second-order valence-corrected chi connectivity index (χ2v) is 6.28. The minimum atomic E-state index is -5.62. The van der Waals surface area contributed by atoms with Gasteiger partial charge < -0.3 is 8.37 Å². The fourth-order valence-electron chi connectivity index (χ4n) is 1.01. The lowest BCUT2D eigenvalue weighted by molar-refractivity contribution is 0.430. The van der Waals surface area contributed by atoms with Crippen molar-refractivity contribution in [2.75, 3.05) is 0 Å². The summed E-state index contributed by atoms with van der Waals surface area (Å²) in [5, 5.41) is 0. The Morgan fingerprint density at radius 1 is 0.700 bits per heavy atom. The molecule has 0 unspecified atom stereocenters. The van der Waals surface area contributed by atoms with E-state index >= 15 is 0 Å². The zero-order valence-electron chi connectivity index (χ0n) is 8.86. The minimum Gasteiger partial charge on any atom is -0.358 e. The number of halogens is 3. The Morgan fingerprint density at radius 3 is 1.30 bits per heavy atom. The Hall–Kier alpha value is -1.54. The maximum absolute atomic E-state index is 12.7. The molecule has 0 heterocycles. The third-order valence-electron chi connectivity index (χ3n) is 1.53. The van der Waals surface area contributed by atoms with E-state index in [9.17, 15) is 36.9 Å². The molecule has 8 nitrogen and oxygen atoms in total. The zero-order valence-corrected chi connectivity index (χ0v) is 11.3. The van der Waals surface area contributed by atoms with Crippen LogP contribution in [0.2, 0.25) is 0 Å². The molecule has 1 aromatic carbocycles. The standard InChI is InChI=1S/C6H3F3O8S3/c7-18(10,11)6-2-4(16-19(8,12)13)1-5(3-6)17-20(9,14)15/h1-3H.